The van der Waals surface area contributed by atoms with Crippen LogP contribution in [-0.4, -0.2) is 12.6 Å². The van der Waals surface area contributed by atoms with Crippen molar-refractivity contribution in [1.29, 1.82) is 0 Å². The molecule has 0 spiro atoms. The fourth-order valence-electron chi connectivity index (χ4n) is 3.09. The Labute approximate surface area is 129 Å². The molecule has 2 nitrogen and oxygen atoms in total. The van der Waals surface area contributed by atoms with Crippen molar-refractivity contribution in [3.63, 3.8) is 0 Å². The second kappa shape index (κ2) is 7.02. The van der Waals surface area contributed by atoms with Crippen LogP contribution in [0.25, 0.3) is 5.57 Å². The number of anilines is 1. The first-order chi connectivity index (χ1) is 10.1. The summed E-state index contributed by atoms with van der Waals surface area (Å²) in [7, 11) is 1.73. The molecule has 0 saturated carbocycles. The van der Waals surface area contributed by atoms with Crippen LogP contribution in [0.3, 0.4) is 0 Å². The smallest absolute Gasteiger partial charge is 0.120 e. The van der Waals surface area contributed by atoms with Crippen LogP contribution in [0.1, 0.15) is 64.9 Å². The molecular weight excluding hydrogens is 258 g/mol. The first-order valence-electron chi connectivity index (χ1n) is 8.30. The van der Waals surface area contributed by atoms with Crippen molar-refractivity contribution in [1.82, 2.24) is 0 Å². The van der Waals surface area contributed by atoms with Crippen molar-refractivity contribution >= 4 is 11.3 Å². The van der Waals surface area contributed by atoms with Crippen molar-refractivity contribution in [2.75, 3.05) is 12.4 Å². The van der Waals surface area contributed by atoms with E-state index < -0.39 is 0 Å². The maximum absolute atomic E-state index is 5.39. The van der Waals surface area contributed by atoms with Gasteiger partial charge < -0.3 is 10.1 Å². The average Bonchev–Trinajstić information content (AvgIpc) is 2.49. The maximum Gasteiger partial charge on any atom is 0.120 e. The lowest BCUT2D eigenvalue weighted by atomic mass is 9.84. The van der Waals surface area contributed by atoms with Crippen molar-refractivity contribution < 1.29 is 4.74 Å². The van der Waals surface area contributed by atoms with E-state index in [9.17, 15) is 0 Å². The molecule has 116 valence electrons. The zero-order valence-electron chi connectivity index (χ0n) is 14.0. The van der Waals surface area contributed by atoms with Gasteiger partial charge in [0.1, 0.15) is 5.75 Å². The summed E-state index contributed by atoms with van der Waals surface area (Å²) in [6.07, 6.45) is 9.78. The Bertz CT molecular complexity index is 506. The SMILES string of the molecule is CCCCC1=CC(C)(CCCC)Nc2cc(OC)ccc21. The molecule has 0 amide bonds. The molecule has 1 atom stereocenters. The van der Waals surface area contributed by atoms with Crippen LogP contribution >= 0.6 is 0 Å². The average molecular weight is 287 g/mol. The van der Waals surface area contributed by atoms with E-state index in [0.717, 1.165) is 5.75 Å². The summed E-state index contributed by atoms with van der Waals surface area (Å²) in [6.45, 7) is 6.83. The monoisotopic (exact) mass is 287 g/mol. The van der Waals surface area contributed by atoms with E-state index >= 15 is 0 Å². The summed E-state index contributed by atoms with van der Waals surface area (Å²) in [5.74, 6) is 0.927. The van der Waals surface area contributed by atoms with Crippen LogP contribution in [-0.2, 0) is 0 Å². The van der Waals surface area contributed by atoms with Crippen molar-refractivity contribution in [2.24, 2.45) is 0 Å². The molecule has 1 N–H and O–H groups in total. The van der Waals surface area contributed by atoms with Gasteiger partial charge >= 0.3 is 0 Å². The van der Waals surface area contributed by atoms with Gasteiger partial charge in [-0.1, -0.05) is 39.2 Å². The summed E-state index contributed by atoms with van der Waals surface area (Å²) >= 11 is 0. The van der Waals surface area contributed by atoms with Gasteiger partial charge in [0.05, 0.1) is 12.6 Å². The number of benzene rings is 1. The summed E-state index contributed by atoms with van der Waals surface area (Å²) in [5.41, 5.74) is 4.13. The Morgan fingerprint density at radius 2 is 1.90 bits per heavy atom. The second-order valence-electron chi connectivity index (χ2n) is 6.33. The van der Waals surface area contributed by atoms with Crippen molar-refractivity contribution in [3.05, 3.63) is 29.8 Å². The maximum atomic E-state index is 5.39. The fraction of sp³-hybridized carbons (Fsp3) is 0.579. The lowest BCUT2D eigenvalue weighted by molar-refractivity contribution is 0.414. The van der Waals surface area contributed by atoms with Crippen LogP contribution in [0.15, 0.2) is 24.3 Å². The molecule has 2 rings (SSSR count). The van der Waals surface area contributed by atoms with Gasteiger partial charge in [0.2, 0.25) is 0 Å². The summed E-state index contributed by atoms with van der Waals surface area (Å²) < 4.78 is 5.39. The van der Waals surface area contributed by atoms with Gasteiger partial charge in [-0.15, -0.1) is 0 Å². The van der Waals surface area contributed by atoms with Gasteiger partial charge in [0.25, 0.3) is 0 Å². The second-order valence-corrected chi connectivity index (χ2v) is 6.33. The highest BCUT2D eigenvalue weighted by molar-refractivity contribution is 5.82. The Kier molecular flexibility index (Phi) is 5.33. The van der Waals surface area contributed by atoms with Gasteiger partial charge in [-0.2, -0.15) is 0 Å². The molecular formula is C19H29NO. The standard InChI is InChI=1S/C19H29NO/c1-5-7-9-15-14-19(3,12-8-6-2)20-18-13-16(21-4)10-11-17(15)18/h10-11,13-14,20H,5-9,12H2,1-4H3. The van der Waals surface area contributed by atoms with Crippen LogP contribution in [0, 0.1) is 0 Å². The molecule has 2 heteroatoms. The molecule has 1 unspecified atom stereocenters. The zero-order valence-corrected chi connectivity index (χ0v) is 14.0. The molecule has 0 bridgehead atoms. The van der Waals surface area contributed by atoms with Crippen LogP contribution in [0.5, 0.6) is 5.75 Å². The van der Waals surface area contributed by atoms with Crippen molar-refractivity contribution in [2.45, 2.75) is 64.8 Å². The predicted molar refractivity (Wildman–Crippen MR) is 92.0 cm³/mol. The molecule has 21 heavy (non-hydrogen) atoms. The lowest BCUT2D eigenvalue weighted by Crippen LogP contribution is -2.35. The summed E-state index contributed by atoms with van der Waals surface area (Å²) in [5, 5.41) is 3.73. The molecule has 1 aliphatic heterocycles. The van der Waals surface area contributed by atoms with Gasteiger partial charge in [-0.3, -0.25) is 0 Å². The third kappa shape index (κ3) is 3.81. The molecule has 0 saturated heterocycles. The normalized spacial score (nSPS) is 20.5. The van der Waals surface area contributed by atoms with Gasteiger partial charge in [0.15, 0.2) is 0 Å². The molecule has 0 aliphatic carbocycles. The van der Waals surface area contributed by atoms with E-state index in [1.54, 1.807) is 7.11 Å². The molecule has 1 aliphatic rings. The van der Waals surface area contributed by atoms with Crippen LogP contribution in [0.4, 0.5) is 5.69 Å². The largest absolute Gasteiger partial charge is 0.497 e. The molecule has 0 radical (unpaired) electrons. The van der Waals surface area contributed by atoms with Crippen LogP contribution < -0.4 is 10.1 Å². The van der Waals surface area contributed by atoms with Crippen LogP contribution in [0.2, 0.25) is 0 Å². The number of hydrogen-bond donors (Lipinski definition) is 1. The number of ether oxygens (including phenoxy) is 1. The Morgan fingerprint density at radius 3 is 2.57 bits per heavy atom. The van der Waals surface area contributed by atoms with Gasteiger partial charge in [-0.25, -0.2) is 0 Å². The number of methoxy groups -OCH3 is 1. The number of allylic oxidation sites excluding steroid dienone is 1. The third-order valence-corrected chi connectivity index (χ3v) is 4.34. The fourth-order valence-corrected chi connectivity index (χ4v) is 3.09. The van der Waals surface area contributed by atoms with E-state index in [2.05, 4.69) is 50.4 Å². The topological polar surface area (TPSA) is 21.3 Å². The molecule has 1 aromatic carbocycles. The zero-order chi connectivity index (χ0) is 15.3. The highest BCUT2D eigenvalue weighted by atomic mass is 16.5. The highest BCUT2D eigenvalue weighted by Gasteiger charge is 2.28. The van der Waals surface area contributed by atoms with E-state index in [0.29, 0.717) is 0 Å². The Morgan fingerprint density at radius 1 is 1.14 bits per heavy atom. The molecule has 1 aromatic rings. The summed E-state index contributed by atoms with van der Waals surface area (Å²) in [6, 6.07) is 6.40. The number of nitrogens with one attached hydrogen (secondary N) is 1. The summed E-state index contributed by atoms with van der Waals surface area (Å²) in [4.78, 5) is 0. The Balaban J connectivity index is 2.34. The number of fused-ring (bicyclic) bond motifs is 1. The first-order valence-corrected chi connectivity index (χ1v) is 8.30. The number of rotatable bonds is 7. The molecule has 0 aromatic heterocycles. The minimum Gasteiger partial charge on any atom is -0.497 e. The first kappa shape index (κ1) is 15.9. The quantitative estimate of drug-likeness (QED) is 0.700. The molecule has 0 fully saturated rings. The van der Waals surface area contributed by atoms with Gasteiger partial charge in [0, 0.05) is 17.3 Å². The Hall–Kier alpha value is -1.44. The van der Waals surface area contributed by atoms with E-state index in [1.165, 1.54) is 55.3 Å². The lowest BCUT2D eigenvalue weighted by Gasteiger charge is -2.36. The highest BCUT2D eigenvalue weighted by Crippen LogP contribution is 2.39. The van der Waals surface area contributed by atoms with E-state index in [-0.39, 0.29) is 5.54 Å². The predicted octanol–water partition coefficient (Wildman–Crippen LogP) is 5.64. The van der Waals surface area contributed by atoms with E-state index in [4.69, 9.17) is 4.74 Å². The number of hydrogen-bond acceptors (Lipinski definition) is 2. The minimum atomic E-state index is 0.0679. The van der Waals surface area contributed by atoms with Gasteiger partial charge in [-0.05, 0) is 43.9 Å². The third-order valence-electron chi connectivity index (χ3n) is 4.34. The minimum absolute atomic E-state index is 0.0679. The van der Waals surface area contributed by atoms with E-state index in [1.807, 2.05) is 0 Å². The van der Waals surface area contributed by atoms with Crippen molar-refractivity contribution in [3.8, 4) is 5.75 Å². The molecule has 1 heterocycles. The number of unbranched alkanes of at least 4 members (excludes halogenated alkanes) is 2.